The second kappa shape index (κ2) is 37.2. The number of hydrogen-bond acceptors (Lipinski definition) is 4. The molecule has 0 heterocycles. The maximum absolute atomic E-state index is 4.66. The SMILES string of the molecule is NC(=S)[S-].NC(=S)[S-].[CH2-]C(CC)CCCC.[CH2-]C(CC)CCCC.[Zn+2].[Zn+2]. The van der Waals surface area contributed by atoms with Crippen LogP contribution in [-0.2, 0) is 64.2 Å². The van der Waals surface area contributed by atoms with Crippen LogP contribution in [0.4, 0.5) is 0 Å². The van der Waals surface area contributed by atoms with Crippen LogP contribution in [0.2, 0.25) is 0 Å². The molecule has 0 aromatic carbocycles. The van der Waals surface area contributed by atoms with Crippen molar-refractivity contribution in [3.63, 3.8) is 0 Å². The topological polar surface area (TPSA) is 52.0 Å². The van der Waals surface area contributed by atoms with Crippen molar-refractivity contribution < 1.29 is 39.0 Å². The summed E-state index contributed by atoms with van der Waals surface area (Å²) in [4.78, 5) is 0. The van der Waals surface area contributed by atoms with Crippen molar-refractivity contribution in [2.45, 2.75) is 79.1 Å². The second-order valence-corrected chi connectivity index (χ2v) is 7.75. The van der Waals surface area contributed by atoms with Crippen LogP contribution in [0, 0.1) is 25.7 Å². The Bertz CT molecular complexity index is 238. The van der Waals surface area contributed by atoms with Crippen LogP contribution in [0.1, 0.15) is 79.1 Å². The Hall–Kier alpha value is 1.47. The van der Waals surface area contributed by atoms with Crippen molar-refractivity contribution in [3.8, 4) is 0 Å². The first-order valence-electron chi connectivity index (χ1n) is 8.67. The van der Waals surface area contributed by atoms with Gasteiger partial charge in [-0.15, -0.1) is 0 Å². The van der Waals surface area contributed by atoms with Crippen molar-refractivity contribution in [1.29, 1.82) is 0 Å². The molecule has 4 N–H and O–H groups in total. The first-order chi connectivity index (χ1) is 11.1. The van der Waals surface area contributed by atoms with E-state index in [9.17, 15) is 0 Å². The minimum atomic E-state index is 0. The van der Waals surface area contributed by atoms with E-state index in [1.807, 2.05) is 0 Å². The average molecular weight is 542 g/mol. The predicted molar refractivity (Wildman–Crippen MR) is 126 cm³/mol. The maximum atomic E-state index is 4.66. The van der Waals surface area contributed by atoms with Gasteiger partial charge in [-0.1, -0.05) is 87.7 Å². The predicted octanol–water partition coefficient (Wildman–Crippen LogP) is 5.62. The summed E-state index contributed by atoms with van der Waals surface area (Å²) in [7, 11) is 0. The quantitative estimate of drug-likeness (QED) is 0.180. The first-order valence-corrected chi connectivity index (χ1v) is 10.3. The molecule has 0 aliphatic rings. The summed E-state index contributed by atoms with van der Waals surface area (Å²) in [6.45, 7) is 16.8. The van der Waals surface area contributed by atoms with Crippen LogP contribution in [0.3, 0.4) is 0 Å². The zero-order valence-electron chi connectivity index (χ0n) is 17.4. The summed E-state index contributed by atoms with van der Waals surface area (Å²) in [5.41, 5.74) is 9.31. The Morgan fingerprint density at radius 3 is 1.08 bits per heavy atom. The second-order valence-electron chi connectivity index (χ2n) is 5.47. The third-order valence-electron chi connectivity index (χ3n) is 3.09. The third-order valence-corrected chi connectivity index (χ3v) is 3.09. The zero-order valence-corrected chi connectivity index (χ0v) is 26.6. The van der Waals surface area contributed by atoms with Gasteiger partial charge in [-0.05, 0) is 0 Å². The summed E-state index contributed by atoms with van der Waals surface area (Å²) in [5.74, 6) is 1.41. The van der Waals surface area contributed by atoms with E-state index in [4.69, 9.17) is 0 Å². The van der Waals surface area contributed by atoms with Gasteiger partial charge in [-0.3, -0.25) is 0 Å². The van der Waals surface area contributed by atoms with Gasteiger partial charge in [0.25, 0.3) is 0 Å². The van der Waals surface area contributed by atoms with Crippen LogP contribution >= 0.6 is 24.4 Å². The summed E-state index contributed by atoms with van der Waals surface area (Å²) in [6.07, 6.45) is 10.4. The van der Waals surface area contributed by atoms with Crippen LogP contribution in [0.5, 0.6) is 0 Å². The van der Waals surface area contributed by atoms with E-state index in [-0.39, 0.29) is 47.6 Å². The number of hydrogen-bond donors (Lipinski definition) is 2. The third kappa shape index (κ3) is 84.1. The Labute approximate surface area is 211 Å². The maximum Gasteiger partial charge on any atom is 2.00 e. The van der Waals surface area contributed by atoms with Crippen LogP contribution in [0.25, 0.3) is 0 Å². The monoisotopic (exact) mass is 538 g/mol. The van der Waals surface area contributed by atoms with Crippen molar-refractivity contribution >= 4 is 58.3 Å². The molecule has 0 fully saturated rings. The van der Waals surface area contributed by atoms with Crippen LogP contribution in [-0.4, -0.2) is 8.64 Å². The average Bonchev–Trinajstić information content (AvgIpc) is 2.49. The Kier molecular flexibility index (Phi) is 59.8. The molecule has 0 aromatic heterocycles. The fraction of sp³-hybridized carbons (Fsp3) is 0.778. The Balaban J connectivity index is -0.0000000525. The molecule has 0 spiro atoms. The molecule has 0 saturated carbocycles. The molecule has 2 atom stereocenters. The van der Waals surface area contributed by atoms with Gasteiger partial charge in [0.1, 0.15) is 0 Å². The molecule has 0 aliphatic heterocycles. The summed E-state index contributed by atoms with van der Waals surface area (Å²) < 4.78 is 0.167. The fourth-order valence-corrected chi connectivity index (χ4v) is 1.39. The van der Waals surface area contributed by atoms with Gasteiger partial charge >= 0.3 is 39.0 Å². The summed E-state index contributed by atoms with van der Waals surface area (Å²) in [5, 5.41) is 0. The van der Waals surface area contributed by atoms with Crippen molar-refractivity contribution in [2.24, 2.45) is 23.3 Å². The van der Waals surface area contributed by atoms with E-state index >= 15 is 0 Å². The Morgan fingerprint density at radius 2 is 0.962 bits per heavy atom. The van der Waals surface area contributed by atoms with Gasteiger partial charge in [0.05, 0.1) is 0 Å². The molecular weight excluding hydrogens is 503 g/mol. The van der Waals surface area contributed by atoms with E-state index in [0.29, 0.717) is 11.8 Å². The van der Waals surface area contributed by atoms with E-state index < -0.39 is 0 Å². The van der Waals surface area contributed by atoms with E-state index in [1.54, 1.807) is 0 Å². The number of nitrogens with two attached hydrogens (primary N) is 2. The van der Waals surface area contributed by atoms with Crippen molar-refractivity contribution in [3.05, 3.63) is 13.8 Å². The van der Waals surface area contributed by atoms with Crippen LogP contribution < -0.4 is 11.5 Å². The molecule has 0 amide bonds. The molecular formula is C18H38N2S4Zn2. The van der Waals surface area contributed by atoms with E-state index in [1.165, 1.54) is 51.4 Å². The van der Waals surface area contributed by atoms with Gasteiger partial charge in [0.2, 0.25) is 0 Å². The molecule has 0 aromatic rings. The smallest absolute Gasteiger partial charge is 0.415 e. The van der Waals surface area contributed by atoms with Gasteiger partial charge in [-0.2, -0.15) is 11.8 Å². The summed E-state index contributed by atoms with van der Waals surface area (Å²) in [6, 6.07) is 0. The molecule has 0 aliphatic carbocycles. The van der Waals surface area contributed by atoms with Gasteiger partial charge in [0.15, 0.2) is 0 Å². The molecule has 8 heteroatoms. The normalized spacial score (nSPS) is 10.4. The van der Waals surface area contributed by atoms with Crippen molar-refractivity contribution in [1.82, 2.24) is 0 Å². The molecule has 26 heavy (non-hydrogen) atoms. The number of thiocarbonyl (C=S) groups is 2. The molecule has 2 nitrogen and oxygen atoms in total. The minimum Gasteiger partial charge on any atom is -0.415 e. The van der Waals surface area contributed by atoms with Crippen LogP contribution in [0.15, 0.2) is 0 Å². The van der Waals surface area contributed by atoms with E-state index in [0.717, 1.165) is 0 Å². The first kappa shape index (κ1) is 41.8. The van der Waals surface area contributed by atoms with Crippen molar-refractivity contribution in [2.75, 3.05) is 0 Å². The van der Waals surface area contributed by atoms with Gasteiger partial charge in [-0.25, -0.2) is 0 Å². The zero-order chi connectivity index (χ0) is 20.0. The standard InChI is InChI=1S/2C8H17.2CH3NS2.2Zn/c2*1-4-6-7-8(3)5-2;2*2-1(3)4;;/h2*8H,3-7H2,1-2H3;2*(H3,2,3,4);;/q2*-1;;;2*+2/p-2. The Morgan fingerprint density at radius 1 is 0.769 bits per heavy atom. The molecule has 148 valence electrons. The molecule has 0 saturated heterocycles. The molecule has 2 unspecified atom stereocenters. The largest absolute Gasteiger partial charge is 2.00 e. The van der Waals surface area contributed by atoms with Gasteiger partial charge in [0, 0.05) is 0 Å². The minimum absolute atomic E-state index is 0. The number of unbranched alkanes of at least 4 members (excludes halogenated alkanes) is 2. The van der Waals surface area contributed by atoms with Gasteiger partial charge < -0.3 is 75.0 Å². The number of rotatable bonds is 8. The molecule has 0 bridgehead atoms. The molecule has 0 radical (unpaired) electrons. The summed E-state index contributed by atoms with van der Waals surface area (Å²) >= 11 is 16.5. The van der Waals surface area contributed by atoms with E-state index in [2.05, 4.69) is 103 Å². The molecule has 0 rings (SSSR count). The fourth-order valence-electron chi connectivity index (χ4n) is 1.39.